The van der Waals surface area contributed by atoms with Crippen LogP contribution in [0.25, 0.3) is 11.4 Å². The zero-order valence-corrected chi connectivity index (χ0v) is 17.7. The number of aromatic nitrogens is 2. The summed E-state index contributed by atoms with van der Waals surface area (Å²) in [5.41, 5.74) is 1.13. The van der Waals surface area contributed by atoms with Gasteiger partial charge in [-0.1, -0.05) is 17.3 Å². The molecule has 1 aliphatic rings. The summed E-state index contributed by atoms with van der Waals surface area (Å²) < 4.78 is 45.5. The smallest absolute Gasteiger partial charge is 0.243 e. The summed E-state index contributed by atoms with van der Waals surface area (Å²) in [5, 5.41) is 3.93. The van der Waals surface area contributed by atoms with E-state index in [2.05, 4.69) is 10.1 Å². The van der Waals surface area contributed by atoms with Gasteiger partial charge in [0.25, 0.3) is 0 Å². The number of carbonyl (C=O) groups is 1. The minimum atomic E-state index is -3.62. The number of halogens is 1. The first kappa shape index (κ1) is 21.3. The molecule has 0 unspecified atom stereocenters. The third kappa shape index (κ3) is 4.71. The van der Waals surface area contributed by atoms with Gasteiger partial charge in [0.2, 0.25) is 21.7 Å². The van der Waals surface area contributed by atoms with E-state index in [0.717, 1.165) is 0 Å². The number of nitrogens with zero attached hydrogens (tertiary/aromatic N) is 4. The predicted molar refractivity (Wildman–Crippen MR) is 110 cm³/mol. The number of sulfonamides is 1. The van der Waals surface area contributed by atoms with Gasteiger partial charge in [-0.2, -0.15) is 9.29 Å². The van der Waals surface area contributed by atoms with Crippen molar-refractivity contribution in [1.29, 1.82) is 0 Å². The number of hydrogen-bond donors (Lipinski definition) is 0. The Labute approximate surface area is 179 Å². The Morgan fingerprint density at radius 1 is 1.03 bits per heavy atom. The average Bonchev–Trinajstić information content (AvgIpc) is 3.23. The third-order valence-corrected chi connectivity index (χ3v) is 7.07. The molecule has 0 saturated carbocycles. The summed E-state index contributed by atoms with van der Waals surface area (Å²) in [5.74, 6) is 0.344. The Morgan fingerprint density at radius 3 is 2.29 bits per heavy atom. The first-order chi connectivity index (χ1) is 14.8. The van der Waals surface area contributed by atoms with Crippen LogP contribution in [0.15, 0.2) is 57.9 Å². The lowest BCUT2D eigenvalue weighted by Crippen LogP contribution is -2.48. The monoisotopic (exact) mass is 444 g/mol. The SMILES string of the molecule is CC(=O)c1ccc(S(=O)(=O)N2CCN(Cc3nc(-c4ccc(F)cc4)no3)CC2)cc1. The summed E-state index contributed by atoms with van der Waals surface area (Å²) in [6.07, 6.45) is 0. The van der Waals surface area contributed by atoms with Gasteiger partial charge in [0, 0.05) is 37.3 Å². The maximum absolute atomic E-state index is 13.1. The fourth-order valence-electron chi connectivity index (χ4n) is 3.37. The van der Waals surface area contributed by atoms with Crippen LogP contribution in [-0.4, -0.2) is 59.7 Å². The van der Waals surface area contributed by atoms with Crippen molar-refractivity contribution >= 4 is 15.8 Å². The molecular formula is C21H21FN4O4S. The van der Waals surface area contributed by atoms with Crippen molar-refractivity contribution in [3.63, 3.8) is 0 Å². The van der Waals surface area contributed by atoms with E-state index in [1.165, 1.54) is 47.6 Å². The molecule has 8 nitrogen and oxygen atoms in total. The lowest BCUT2D eigenvalue weighted by Gasteiger charge is -2.33. The molecule has 0 radical (unpaired) electrons. The zero-order valence-electron chi connectivity index (χ0n) is 16.9. The molecule has 1 aliphatic heterocycles. The number of piperazine rings is 1. The Morgan fingerprint density at radius 2 is 1.68 bits per heavy atom. The Kier molecular flexibility index (Phi) is 5.94. The van der Waals surface area contributed by atoms with E-state index in [4.69, 9.17) is 4.52 Å². The van der Waals surface area contributed by atoms with Crippen molar-refractivity contribution in [3.05, 3.63) is 65.8 Å². The number of hydrogen-bond acceptors (Lipinski definition) is 7. The van der Waals surface area contributed by atoms with Gasteiger partial charge in [-0.3, -0.25) is 9.69 Å². The van der Waals surface area contributed by atoms with Crippen LogP contribution in [0.5, 0.6) is 0 Å². The minimum Gasteiger partial charge on any atom is -0.338 e. The molecule has 162 valence electrons. The maximum Gasteiger partial charge on any atom is 0.243 e. The van der Waals surface area contributed by atoms with Gasteiger partial charge in [0.15, 0.2) is 5.78 Å². The van der Waals surface area contributed by atoms with Crippen LogP contribution in [0.4, 0.5) is 4.39 Å². The lowest BCUT2D eigenvalue weighted by atomic mass is 10.2. The van der Waals surface area contributed by atoms with Gasteiger partial charge < -0.3 is 4.52 Å². The van der Waals surface area contributed by atoms with Crippen LogP contribution >= 0.6 is 0 Å². The highest BCUT2D eigenvalue weighted by molar-refractivity contribution is 7.89. The standard InChI is InChI=1S/C21H21FN4O4S/c1-15(27)16-4-8-19(9-5-16)31(28,29)26-12-10-25(11-13-26)14-20-23-21(24-30-20)17-2-6-18(22)7-3-17/h2-9H,10-14H2,1H3. The maximum atomic E-state index is 13.1. The third-order valence-electron chi connectivity index (χ3n) is 5.16. The molecule has 4 rings (SSSR count). The Bertz CT molecular complexity index is 1170. The highest BCUT2D eigenvalue weighted by atomic mass is 32.2. The number of carbonyl (C=O) groups excluding carboxylic acids is 1. The molecule has 1 saturated heterocycles. The second kappa shape index (κ2) is 8.66. The Hall–Kier alpha value is -2.95. The molecule has 0 bridgehead atoms. The van der Waals surface area contributed by atoms with Gasteiger partial charge in [0.1, 0.15) is 5.82 Å². The highest BCUT2D eigenvalue weighted by Crippen LogP contribution is 2.20. The molecule has 2 heterocycles. The molecule has 3 aromatic rings. The second-order valence-corrected chi connectivity index (χ2v) is 9.22. The van der Waals surface area contributed by atoms with Crippen molar-refractivity contribution in [1.82, 2.24) is 19.3 Å². The minimum absolute atomic E-state index is 0.110. The van der Waals surface area contributed by atoms with Crippen molar-refractivity contribution < 1.29 is 22.1 Å². The summed E-state index contributed by atoms with van der Waals surface area (Å²) in [6.45, 7) is 3.52. The first-order valence-corrected chi connectivity index (χ1v) is 11.2. The Balaban J connectivity index is 1.36. The summed E-state index contributed by atoms with van der Waals surface area (Å²) in [4.78, 5) is 17.9. The molecule has 0 N–H and O–H groups in total. The largest absolute Gasteiger partial charge is 0.338 e. The van der Waals surface area contributed by atoms with E-state index in [0.29, 0.717) is 55.6 Å². The van der Waals surface area contributed by atoms with E-state index >= 15 is 0 Å². The molecule has 0 atom stereocenters. The lowest BCUT2D eigenvalue weighted by molar-refractivity contribution is 0.101. The van der Waals surface area contributed by atoms with Crippen LogP contribution in [-0.2, 0) is 16.6 Å². The molecule has 0 aliphatic carbocycles. The van der Waals surface area contributed by atoms with Gasteiger partial charge in [-0.25, -0.2) is 12.8 Å². The molecule has 2 aromatic carbocycles. The molecule has 0 spiro atoms. The topological polar surface area (TPSA) is 96.6 Å². The van der Waals surface area contributed by atoms with Crippen molar-refractivity contribution in [2.45, 2.75) is 18.4 Å². The molecule has 31 heavy (non-hydrogen) atoms. The van der Waals surface area contributed by atoms with Crippen molar-refractivity contribution in [2.75, 3.05) is 26.2 Å². The quantitative estimate of drug-likeness (QED) is 0.539. The van der Waals surface area contributed by atoms with Crippen LogP contribution in [0, 0.1) is 5.82 Å². The van der Waals surface area contributed by atoms with E-state index in [9.17, 15) is 17.6 Å². The van der Waals surface area contributed by atoms with Gasteiger partial charge in [-0.15, -0.1) is 0 Å². The number of benzene rings is 2. The normalized spacial score (nSPS) is 15.8. The molecule has 10 heteroatoms. The summed E-state index contributed by atoms with van der Waals surface area (Å²) in [7, 11) is -3.62. The van der Waals surface area contributed by atoms with Crippen LogP contribution in [0.1, 0.15) is 23.2 Å². The van der Waals surface area contributed by atoms with Crippen LogP contribution in [0.3, 0.4) is 0 Å². The molecular weight excluding hydrogens is 423 g/mol. The number of ketones is 1. The molecule has 1 fully saturated rings. The van der Waals surface area contributed by atoms with Gasteiger partial charge in [0.05, 0.1) is 11.4 Å². The highest BCUT2D eigenvalue weighted by Gasteiger charge is 2.29. The number of rotatable bonds is 6. The first-order valence-electron chi connectivity index (χ1n) is 9.75. The predicted octanol–water partition coefficient (Wildman–Crippen LogP) is 2.58. The second-order valence-electron chi connectivity index (χ2n) is 7.28. The average molecular weight is 444 g/mol. The van der Waals surface area contributed by atoms with Crippen LogP contribution < -0.4 is 0 Å². The molecule has 0 amide bonds. The van der Waals surface area contributed by atoms with Crippen LogP contribution in [0.2, 0.25) is 0 Å². The van der Waals surface area contributed by atoms with Gasteiger partial charge >= 0.3 is 0 Å². The summed E-state index contributed by atoms with van der Waals surface area (Å²) >= 11 is 0. The summed E-state index contributed by atoms with van der Waals surface area (Å²) in [6, 6.07) is 11.8. The molecule has 1 aromatic heterocycles. The van der Waals surface area contributed by atoms with Crippen molar-refractivity contribution in [3.8, 4) is 11.4 Å². The van der Waals surface area contributed by atoms with Gasteiger partial charge in [-0.05, 0) is 43.3 Å². The fraction of sp³-hybridized carbons (Fsp3) is 0.286. The zero-order chi connectivity index (χ0) is 22.0. The van der Waals surface area contributed by atoms with E-state index in [1.807, 2.05) is 4.90 Å². The van der Waals surface area contributed by atoms with Crippen molar-refractivity contribution in [2.24, 2.45) is 0 Å². The van der Waals surface area contributed by atoms with E-state index in [-0.39, 0.29) is 16.5 Å². The number of Topliss-reactive ketones (excluding diaryl/α,β-unsaturated/α-hetero) is 1. The van der Waals surface area contributed by atoms with E-state index in [1.54, 1.807) is 12.1 Å². The fourth-order valence-corrected chi connectivity index (χ4v) is 4.79. The van der Waals surface area contributed by atoms with E-state index < -0.39 is 10.0 Å².